The molecule has 0 aromatic heterocycles. The zero-order valence-electron chi connectivity index (χ0n) is 11.6. The summed E-state index contributed by atoms with van der Waals surface area (Å²) in [4.78, 5) is 11.8. The van der Waals surface area contributed by atoms with Crippen molar-refractivity contribution in [2.24, 2.45) is 0 Å². The molecule has 106 valence electrons. The van der Waals surface area contributed by atoms with Crippen LogP contribution in [0.5, 0.6) is 5.75 Å². The number of rotatable bonds is 8. The Balaban J connectivity index is 2.67. The number of unbranched alkanes of at least 4 members (excludes halogenated alkanes) is 1. The van der Waals surface area contributed by atoms with Gasteiger partial charge in [-0.25, -0.2) is 4.79 Å². The molecule has 1 rings (SSSR count). The van der Waals surface area contributed by atoms with E-state index in [1.807, 2.05) is 6.07 Å². The zero-order valence-corrected chi connectivity index (χ0v) is 11.6. The second-order valence-electron chi connectivity index (χ2n) is 4.30. The van der Waals surface area contributed by atoms with Gasteiger partial charge < -0.3 is 14.6 Å². The number of para-hydroxylation sites is 1. The molecule has 0 saturated carbocycles. The average Bonchev–Trinajstić information content (AvgIpc) is 2.40. The summed E-state index contributed by atoms with van der Waals surface area (Å²) < 4.78 is 10.6. The van der Waals surface area contributed by atoms with Gasteiger partial charge in [-0.3, -0.25) is 0 Å². The molecule has 0 fully saturated rings. The van der Waals surface area contributed by atoms with Gasteiger partial charge in [-0.05, 0) is 25.0 Å². The first kappa shape index (κ1) is 15.5. The lowest BCUT2D eigenvalue weighted by atomic mass is 10.1. The van der Waals surface area contributed by atoms with Gasteiger partial charge in [0.1, 0.15) is 5.75 Å². The maximum atomic E-state index is 11.8. The molecule has 19 heavy (non-hydrogen) atoms. The third kappa shape index (κ3) is 5.30. The largest absolute Gasteiger partial charge is 0.508 e. The van der Waals surface area contributed by atoms with Crippen molar-refractivity contribution in [2.75, 3.05) is 13.2 Å². The molecule has 1 aromatic rings. The van der Waals surface area contributed by atoms with Gasteiger partial charge in [0.25, 0.3) is 0 Å². The van der Waals surface area contributed by atoms with E-state index >= 15 is 0 Å². The molecule has 0 heterocycles. The average molecular weight is 266 g/mol. The third-order valence-corrected chi connectivity index (χ3v) is 2.76. The Kier molecular flexibility index (Phi) is 6.97. The van der Waals surface area contributed by atoms with Crippen LogP contribution in [0.25, 0.3) is 0 Å². The minimum Gasteiger partial charge on any atom is -0.508 e. The Morgan fingerprint density at radius 1 is 1.32 bits per heavy atom. The summed E-state index contributed by atoms with van der Waals surface area (Å²) in [6, 6.07) is 6.95. The van der Waals surface area contributed by atoms with Crippen LogP contribution in [-0.2, 0) is 20.7 Å². The number of hydrogen-bond donors (Lipinski definition) is 1. The number of phenols is 1. The van der Waals surface area contributed by atoms with Gasteiger partial charge in [0.05, 0.1) is 6.61 Å². The molecule has 1 unspecified atom stereocenters. The first-order chi connectivity index (χ1) is 9.19. The molecule has 0 spiro atoms. The van der Waals surface area contributed by atoms with E-state index in [9.17, 15) is 9.90 Å². The molecule has 0 bridgehead atoms. The molecule has 0 aliphatic heterocycles. The Morgan fingerprint density at radius 3 is 2.68 bits per heavy atom. The molecule has 0 saturated heterocycles. The van der Waals surface area contributed by atoms with Crippen LogP contribution in [0.3, 0.4) is 0 Å². The lowest BCUT2D eigenvalue weighted by Crippen LogP contribution is -2.29. The summed E-state index contributed by atoms with van der Waals surface area (Å²) in [6.07, 6.45) is 1.58. The Hall–Kier alpha value is -1.55. The van der Waals surface area contributed by atoms with Crippen molar-refractivity contribution in [2.45, 2.75) is 39.2 Å². The van der Waals surface area contributed by atoms with Crippen molar-refractivity contribution in [1.29, 1.82) is 0 Å². The highest BCUT2D eigenvalue weighted by Crippen LogP contribution is 2.19. The van der Waals surface area contributed by atoms with Crippen LogP contribution in [0.1, 0.15) is 32.3 Å². The molecule has 4 nitrogen and oxygen atoms in total. The molecule has 0 aliphatic rings. The summed E-state index contributed by atoms with van der Waals surface area (Å²) in [6.45, 7) is 4.67. The van der Waals surface area contributed by atoms with Gasteiger partial charge in [-0.1, -0.05) is 31.5 Å². The van der Waals surface area contributed by atoms with Gasteiger partial charge in [0.2, 0.25) is 0 Å². The molecule has 0 amide bonds. The highest BCUT2D eigenvalue weighted by molar-refractivity contribution is 5.75. The number of aromatic hydroxyl groups is 1. The lowest BCUT2D eigenvalue weighted by molar-refractivity contribution is -0.156. The van der Waals surface area contributed by atoms with E-state index in [0.717, 1.165) is 12.8 Å². The van der Waals surface area contributed by atoms with Crippen LogP contribution in [0.15, 0.2) is 24.3 Å². The summed E-state index contributed by atoms with van der Waals surface area (Å²) in [5, 5.41) is 9.74. The van der Waals surface area contributed by atoms with E-state index < -0.39 is 6.10 Å². The highest BCUT2D eigenvalue weighted by atomic mass is 16.6. The fourth-order valence-electron chi connectivity index (χ4n) is 1.70. The quantitative estimate of drug-likeness (QED) is 0.580. The normalized spacial score (nSPS) is 12.1. The van der Waals surface area contributed by atoms with E-state index in [4.69, 9.17) is 9.47 Å². The topological polar surface area (TPSA) is 55.8 Å². The SMILES string of the molecule is CCCCOC(Cc1ccccc1O)C(=O)OCC. The van der Waals surface area contributed by atoms with Gasteiger partial charge in [-0.2, -0.15) is 0 Å². The number of phenolic OH excluding ortho intramolecular Hbond substituents is 1. The zero-order chi connectivity index (χ0) is 14.1. The second kappa shape index (κ2) is 8.53. The standard InChI is InChI=1S/C15H22O4/c1-3-5-10-19-14(15(17)18-4-2)11-12-8-6-7-9-13(12)16/h6-9,14,16H,3-5,10-11H2,1-2H3. The van der Waals surface area contributed by atoms with Crippen LogP contribution >= 0.6 is 0 Å². The maximum absolute atomic E-state index is 11.8. The predicted octanol–water partition coefficient (Wildman–Crippen LogP) is 2.68. The third-order valence-electron chi connectivity index (χ3n) is 2.76. The number of benzene rings is 1. The van der Waals surface area contributed by atoms with E-state index in [1.54, 1.807) is 25.1 Å². The van der Waals surface area contributed by atoms with Crippen LogP contribution < -0.4 is 0 Å². The number of ether oxygens (including phenoxy) is 2. The fourth-order valence-corrected chi connectivity index (χ4v) is 1.70. The van der Waals surface area contributed by atoms with Crippen molar-refractivity contribution in [3.63, 3.8) is 0 Å². The van der Waals surface area contributed by atoms with Crippen LogP contribution in [0.4, 0.5) is 0 Å². The molecular weight excluding hydrogens is 244 g/mol. The van der Waals surface area contributed by atoms with Gasteiger partial charge in [0, 0.05) is 13.0 Å². The molecular formula is C15H22O4. The Bertz CT molecular complexity index is 389. The summed E-state index contributed by atoms with van der Waals surface area (Å²) in [5.74, 6) is -0.197. The number of esters is 1. The van der Waals surface area contributed by atoms with Gasteiger partial charge >= 0.3 is 5.97 Å². The first-order valence-electron chi connectivity index (χ1n) is 6.74. The molecule has 1 atom stereocenters. The second-order valence-corrected chi connectivity index (χ2v) is 4.30. The summed E-state index contributed by atoms with van der Waals surface area (Å²) in [5.41, 5.74) is 0.692. The number of carbonyl (C=O) groups excluding carboxylic acids is 1. The first-order valence-corrected chi connectivity index (χ1v) is 6.74. The monoisotopic (exact) mass is 266 g/mol. The minimum absolute atomic E-state index is 0.177. The number of hydrogen-bond acceptors (Lipinski definition) is 4. The molecule has 0 aliphatic carbocycles. The molecule has 1 N–H and O–H groups in total. The van der Waals surface area contributed by atoms with E-state index in [-0.39, 0.29) is 11.7 Å². The van der Waals surface area contributed by atoms with Crippen molar-refractivity contribution < 1.29 is 19.4 Å². The van der Waals surface area contributed by atoms with Crippen molar-refractivity contribution in [3.8, 4) is 5.75 Å². The highest BCUT2D eigenvalue weighted by Gasteiger charge is 2.22. The maximum Gasteiger partial charge on any atom is 0.335 e. The van der Waals surface area contributed by atoms with E-state index in [1.165, 1.54) is 0 Å². The lowest BCUT2D eigenvalue weighted by Gasteiger charge is -2.17. The summed E-state index contributed by atoms with van der Waals surface area (Å²) in [7, 11) is 0. The van der Waals surface area contributed by atoms with Crippen molar-refractivity contribution in [3.05, 3.63) is 29.8 Å². The molecule has 0 radical (unpaired) electrons. The van der Waals surface area contributed by atoms with Crippen LogP contribution in [0.2, 0.25) is 0 Å². The van der Waals surface area contributed by atoms with Crippen molar-refractivity contribution >= 4 is 5.97 Å². The predicted molar refractivity (Wildman–Crippen MR) is 73.1 cm³/mol. The van der Waals surface area contributed by atoms with E-state index in [2.05, 4.69) is 6.92 Å². The van der Waals surface area contributed by atoms with Crippen LogP contribution in [-0.4, -0.2) is 30.4 Å². The van der Waals surface area contributed by atoms with Crippen LogP contribution in [0, 0.1) is 0 Å². The molecule has 4 heteroatoms. The Morgan fingerprint density at radius 2 is 2.05 bits per heavy atom. The van der Waals surface area contributed by atoms with Gasteiger partial charge in [0.15, 0.2) is 6.10 Å². The number of carbonyl (C=O) groups is 1. The fraction of sp³-hybridized carbons (Fsp3) is 0.533. The summed E-state index contributed by atoms with van der Waals surface area (Å²) >= 11 is 0. The van der Waals surface area contributed by atoms with Crippen molar-refractivity contribution in [1.82, 2.24) is 0 Å². The minimum atomic E-state index is -0.653. The Labute approximate surface area is 114 Å². The molecule has 1 aromatic carbocycles. The van der Waals surface area contributed by atoms with Gasteiger partial charge in [-0.15, -0.1) is 0 Å². The van der Waals surface area contributed by atoms with E-state index in [0.29, 0.717) is 25.2 Å². The smallest absolute Gasteiger partial charge is 0.335 e.